The van der Waals surface area contributed by atoms with Crippen molar-refractivity contribution in [1.29, 1.82) is 0 Å². The number of nitrogens with zero attached hydrogens (tertiary/aromatic N) is 2. The van der Waals surface area contributed by atoms with Crippen molar-refractivity contribution >= 4 is 38.5 Å². The molecule has 1 amide bonds. The molecule has 0 fully saturated rings. The van der Waals surface area contributed by atoms with Crippen LogP contribution in [0.3, 0.4) is 0 Å². The van der Waals surface area contributed by atoms with E-state index in [-0.39, 0.29) is 11.8 Å². The molecule has 3 rings (SSSR count). The third-order valence-electron chi connectivity index (χ3n) is 3.73. The molecule has 1 aromatic carbocycles. The minimum absolute atomic E-state index is 0.129. The summed E-state index contributed by atoms with van der Waals surface area (Å²) in [6, 6.07) is 6.74. The van der Waals surface area contributed by atoms with E-state index in [9.17, 15) is 9.59 Å². The molecule has 1 unspecified atom stereocenters. The van der Waals surface area contributed by atoms with Crippen molar-refractivity contribution in [1.82, 2.24) is 9.78 Å². The lowest BCUT2D eigenvalue weighted by Crippen LogP contribution is -2.24. The lowest BCUT2D eigenvalue weighted by molar-refractivity contribution is -0.119. The second kappa shape index (κ2) is 6.60. The van der Waals surface area contributed by atoms with Crippen molar-refractivity contribution in [3.8, 4) is 0 Å². The maximum Gasteiger partial charge on any atom is 0.336 e. The summed E-state index contributed by atoms with van der Waals surface area (Å²) >= 11 is 3.33. The fourth-order valence-corrected chi connectivity index (χ4v) is 2.80. The van der Waals surface area contributed by atoms with Gasteiger partial charge in [0.25, 0.3) is 0 Å². The van der Waals surface area contributed by atoms with Crippen molar-refractivity contribution in [2.45, 2.75) is 20.4 Å². The van der Waals surface area contributed by atoms with Crippen LogP contribution >= 0.6 is 15.9 Å². The maximum atomic E-state index is 12.3. The number of aromatic nitrogens is 2. The predicted molar refractivity (Wildman–Crippen MR) is 94.9 cm³/mol. The van der Waals surface area contributed by atoms with Crippen LogP contribution in [0.4, 0.5) is 5.69 Å². The van der Waals surface area contributed by atoms with Crippen LogP contribution in [0.2, 0.25) is 0 Å². The van der Waals surface area contributed by atoms with Crippen molar-refractivity contribution < 1.29 is 9.21 Å². The Bertz CT molecular complexity index is 961. The van der Waals surface area contributed by atoms with Gasteiger partial charge in [-0.15, -0.1) is 0 Å². The van der Waals surface area contributed by atoms with Crippen molar-refractivity contribution in [3.05, 3.63) is 57.1 Å². The van der Waals surface area contributed by atoms with Gasteiger partial charge < -0.3 is 9.73 Å². The highest BCUT2D eigenvalue weighted by atomic mass is 79.9. The fourth-order valence-electron chi connectivity index (χ4n) is 2.47. The number of carbonyl (C=O) groups excluding carboxylic acids is 1. The average Bonchev–Trinajstić information content (AvgIpc) is 2.91. The Balaban J connectivity index is 1.76. The molecule has 24 heavy (non-hydrogen) atoms. The summed E-state index contributed by atoms with van der Waals surface area (Å²) in [4.78, 5) is 23.8. The summed E-state index contributed by atoms with van der Waals surface area (Å²) in [6.45, 7) is 4.15. The van der Waals surface area contributed by atoms with E-state index in [1.807, 2.05) is 26.1 Å². The van der Waals surface area contributed by atoms with Gasteiger partial charge in [-0.2, -0.15) is 5.10 Å². The zero-order valence-corrected chi connectivity index (χ0v) is 14.8. The molecule has 2 heterocycles. The van der Waals surface area contributed by atoms with Crippen molar-refractivity contribution in [2.75, 3.05) is 5.32 Å². The highest BCUT2D eigenvalue weighted by molar-refractivity contribution is 9.10. The SMILES string of the molecule is Cc1cc(=O)oc2cc(NC(=O)C(C)Cn3cc(Br)cn3)ccc12. The molecule has 0 aliphatic heterocycles. The zero-order valence-electron chi connectivity index (χ0n) is 13.2. The molecule has 2 aromatic heterocycles. The number of anilines is 1. The standard InChI is InChI=1S/C17H16BrN3O3/c1-10-5-16(22)24-15-6-13(3-4-14(10)15)20-17(23)11(2)8-21-9-12(18)7-19-21/h3-7,9,11H,8H2,1-2H3,(H,20,23). The Kier molecular flexibility index (Phi) is 4.53. The summed E-state index contributed by atoms with van der Waals surface area (Å²) in [5.74, 6) is -0.395. The number of amides is 1. The van der Waals surface area contributed by atoms with E-state index >= 15 is 0 Å². The lowest BCUT2D eigenvalue weighted by atomic mass is 10.1. The monoisotopic (exact) mass is 389 g/mol. The van der Waals surface area contributed by atoms with Crippen molar-refractivity contribution in [2.24, 2.45) is 5.92 Å². The fraction of sp³-hybridized carbons (Fsp3) is 0.235. The van der Waals surface area contributed by atoms with Gasteiger partial charge in [0, 0.05) is 29.4 Å². The van der Waals surface area contributed by atoms with Crippen LogP contribution in [0.15, 0.2) is 50.3 Å². The molecule has 7 heteroatoms. The molecule has 0 bridgehead atoms. The minimum Gasteiger partial charge on any atom is -0.423 e. The van der Waals surface area contributed by atoms with Gasteiger partial charge in [-0.25, -0.2) is 4.79 Å². The molecule has 0 saturated heterocycles. The topological polar surface area (TPSA) is 77.1 Å². The van der Waals surface area contributed by atoms with Gasteiger partial charge in [0.1, 0.15) is 5.58 Å². The van der Waals surface area contributed by atoms with Gasteiger partial charge in [-0.1, -0.05) is 6.92 Å². The first kappa shape index (κ1) is 16.4. The summed E-state index contributed by atoms with van der Waals surface area (Å²) in [5, 5.41) is 7.84. The van der Waals surface area contributed by atoms with E-state index < -0.39 is 5.63 Å². The Morgan fingerprint density at radius 1 is 1.42 bits per heavy atom. The van der Waals surface area contributed by atoms with Crippen LogP contribution in [-0.2, 0) is 11.3 Å². The molecule has 1 atom stereocenters. The van der Waals surface area contributed by atoms with E-state index in [1.165, 1.54) is 6.07 Å². The first-order valence-electron chi connectivity index (χ1n) is 7.46. The first-order valence-corrected chi connectivity index (χ1v) is 8.25. The average molecular weight is 390 g/mol. The van der Waals surface area contributed by atoms with E-state index in [2.05, 4.69) is 26.3 Å². The van der Waals surface area contributed by atoms with Gasteiger partial charge in [-0.05, 0) is 40.5 Å². The van der Waals surface area contributed by atoms with E-state index in [0.717, 1.165) is 15.4 Å². The summed E-state index contributed by atoms with van der Waals surface area (Å²) in [7, 11) is 0. The number of hydrogen-bond donors (Lipinski definition) is 1. The summed E-state index contributed by atoms with van der Waals surface area (Å²) in [6.07, 6.45) is 3.50. The van der Waals surface area contributed by atoms with Gasteiger partial charge in [0.2, 0.25) is 5.91 Å². The van der Waals surface area contributed by atoms with E-state index in [4.69, 9.17) is 4.42 Å². The molecule has 0 radical (unpaired) electrons. The first-order chi connectivity index (χ1) is 11.4. The number of rotatable bonds is 4. The molecular weight excluding hydrogens is 374 g/mol. The Labute approximate surface area is 146 Å². The number of halogens is 1. The van der Waals surface area contributed by atoms with Crippen molar-refractivity contribution in [3.63, 3.8) is 0 Å². The zero-order chi connectivity index (χ0) is 17.3. The predicted octanol–water partition coefficient (Wildman–Crippen LogP) is 3.34. The molecule has 0 spiro atoms. The molecule has 0 aliphatic carbocycles. The number of fused-ring (bicyclic) bond motifs is 1. The molecule has 6 nitrogen and oxygen atoms in total. The molecule has 0 aliphatic rings. The third-order valence-corrected chi connectivity index (χ3v) is 4.14. The van der Waals surface area contributed by atoms with Crippen LogP contribution in [0, 0.1) is 12.8 Å². The number of hydrogen-bond acceptors (Lipinski definition) is 4. The second-order valence-corrected chi connectivity index (χ2v) is 6.65. The smallest absolute Gasteiger partial charge is 0.336 e. The highest BCUT2D eigenvalue weighted by Crippen LogP contribution is 2.21. The quantitative estimate of drug-likeness (QED) is 0.694. The van der Waals surface area contributed by atoms with E-state index in [1.54, 1.807) is 23.0 Å². The maximum absolute atomic E-state index is 12.3. The van der Waals surface area contributed by atoms with E-state index in [0.29, 0.717) is 17.8 Å². The Hall–Kier alpha value is -2.41. The summed E-state index contributed by atoms with van der Waals surface area (Å²) < 4.78 is 7.77. The van der Waals surface area contributed by atoms with Gasteiger partial charge in [0.05, 0.1) is 23.1 Å². The molecular formula is C17H16BrN3O3. The molecule has 0 saturated carbocycles. The van der Waals surface area contributed by atoms with Crippen LogP contribution < -0.4 is 10.9 Å². The van der Waals surface area contributed by atoms with Crippen LogP contribution in [-0.4, -0.2) is 15.7 Å². The van der Waals surface area contributed by atoms with Crippen LogP contribution in [0.25, 0.3) is 11.0 Å². The molecule has 124 valence electrons. The largest absolute Gasteiger partial charge is 0.423 e. The number of nitrogens with one attached hydrogen (secondary N) is 1. The van der Waals surface area contributed by atoms with Gasteiger partial charge in [-0.3, -0.25) is 9.48 Å². The lowest BCUT2D eigenvalue weighted by Gasteiger charge is -2.12. The number of carbonyl (C=O) groups is 1. The Morgan fingerprint density at radius 3 is 2.92 bits per heavy atom. The third kappa shape index (κ3) is 3.56. The summed E-state index contributed by atoms with van der Waals surface area (Å²) in [5.41, 5.74) is 1.49. The second-order valence-electron chi connectivity index (χ2n) is 5.73. The highest BCUT2D eigenvalue weighted by Gasteiger charge is 2.15. The number of benzene rings is 1. The van der Waals surface area contributed by atoms with Gasteiger partial charge >= 0.3 is 5.63 Å². The number of aryl methyl sites for hydroxylation is 1. The Morgan fingerprint density at radius 2 is 2.21 bits per heavy atom. The van der Waals surface area contributed by atoms with Gasteiger partial charge in [0.15, 0.2) is 0 Å². The van der Waals surface area contributed by atoms with Crippen LogP contribution in [0.1, 0.15) is 12.5 Å². The normalized spacial score (nSPS) is 12.3. The minimum atomic E-state index is -0.402. The van der Waals surface area contributed by atoms with Crippen LogP contribution in [0.5, 0.6) is 0 Å². The molecule has 3 aromatic rings. The molecule has 1 N–H and O–H groups in total.